The third kappa shape index (κ3) is 16.1. The van der Waals surface area contributed by atoms with Gasteiger partial charge in [0.1, 0.15) is 23.7 Å². The van der Waals surface area contributed by atoms with Crippen LogP contribution in [0.25, 0.3) is 0 Å². The Morgan fingerprint density at radius 3 is 1.40 bits per heavy atom. The second-order valence-corrected chi connectivity index (χ2v) is 10.2. The first-order valence-electron chi connectivity index (χ1n) is 13.3. The number of nitrogens with one attached hydrogen (secondary N) is 3. The Hall–Kier alpha value is -2.32. The lowest BCUT2D eigenvalue weighted by molar-refractivity contribution is -0.132. The van der Waals surface area contributed by atoms with E-state index < -0.39 is 47.5 Å². The molecule has 0 aromatic rings. The van der Waals surface area contributed by atoms with E-state index >= 15 is 0 Å². The van der Waals surface area contributed by atoms with Gasteiger partial charge in [0.25, 0.3) is 0 Å². The summed E-state index contributed by atoms with van der Waals surface area (Å²) in [6.45, 7) is 11.4. The average molecular weight is 499 g/mol. The van der Waals surface area contributed by atoms with Crippen LogP contribution in [0.4, 0.5) is 4.79 Å². The van der Waals surface area contributed by atoms with Gasteiger partial charge in [-0.15, -0.1) is 0 Å². The summed E-state index contributed by atoms with van der Waals surface area (Å²) in [6.07, 6.45) is 8.59. The Balaban J connectivity index is 5.44. The van der Waals surface area contributed by atoms with Gasteiger partial charge in [0.2, 0.25) is 17.7 Å². The molecule has 0 unspecified atom stereocenters. The zero-order valence-corrected chi connectivity index (χ0v) is 22.8. The first kappa shape index (κ1) is 32.7. The third-order valence-electron chi connectivity index (χ3n) is 5.59. The summed E-state index contributed by atoms with van der Waals surface area (Å²) < 4.78 is 5.32. The second-order valence-electron chi connectivity index (χ2n) is 10.2. The minimum absolute atomic E-state index is 0.431. The van der Waals surface area contributed by atoms with E-state index in [0.717, 1.165) is 57.8 Å². The topological polar surface area (TPSA) is 140 Å². The maximum Gasteiger partial charge on any atom is 0.408 e. The normalized spacial score (nSPS) is 13.9. The predicted molar refractivity (Wildman–Crippen MR) is 139 cm³/mol. The van der Waals surface area contributed by atoms with Crippen molar-refractivity contribution in [1.29, 1.82) is 0 Å². The molecule has 0 saturated carbocycles. The third-order valence-corrected chi connectivity index (χ3v) is 5.59. The van der Waals surface area contributed by atoms with E-state index in [1.807, 2.05) is 0 Å². The van der Waals surface area contributed by atoms with E-state index in [2.05, 4.69) is 36.7 Å². The summed E-state index contributed by atoms with van der Waals surface area (Å²) in [4.78, 5) is 50.5. The van der Waals surface area contributed by atoms with Gasteiger partial charge >= 0.3 is 6.09 Å². The molecule has 0 radical (unpaired) electrons. The number of hydrogen-bond acceptors (Lipinski definition) is 5. The lowest BCUT2D eigenvalue weighted by atomic mass is 10.0. The molecule has 0 rings (SSSR count). The molecule has 204 valence electrons. The second kappa shape index (κ2) is 18.0. The Labute approximate surface area is 212 Å². The minimum atomic E-state index is -0.825. The molecule has 0 spiro atoms. The van der Waals surface area contributed by atoms with E-state index in [-0.39, 0.29) is 0 Å². The average Bonchev–Trinajstić information content (AvgIpc) is 2.75. The Morgan fingerprint density at radius 2 is 1.03 bits per heavy atom. The first-order valence-corrected chi connectivity index (χ1v) is 13.3. The van der Waals surface area contributed by atoms with Crippen molar-refractivity contribution in [2.75, 3.05) is 0 Å². The molecule has 0 bridgehead atoms. The zero-order valence-electron chi connectivity index (χ0n) is 22.8. The molecular weight excluding hydrogens is 448 g/mol. The Morgan fingerprint density at radius 1 is 0.657 bits per heavy atom. The van der Waals surface area contributed by atoms with Crippen LogP contribution in [-0.4, -0.2) is 47.5 Å². The SMILES string of the molecule is CCCCC[C@H](NC(=O)[C@H](CCCCC)NC(=O)[C@H](CCCCC)NC(=O)OC(C)(C)C)C(N)=O. The highest BCUT2D eigenvalue weighted by molar-refractivity contribution is 5.93. The van der Waals surface area contributed by atoms with Gasteiger partial charge in [0.15, 0.2) is 0 Å². The van der Waals surface area contributed by atoms with Crippen LogP contribution in [0.1, 0.15) is 119 Å². The molecule has 9 nitrogen and oxygen atoms in total. The van der Waals surface area contributed by atoms with Crippen LogP contribution in [0.2, 0.25) is 0 Å². The maximum absolute atomic E-state index is 13.2. The van der Waals surface area contributed by atoms with Crippen molar-refractivity contribution in [2.24, 2.45) is 5.73 Å². The predicted octanol–water partition coefficient (Wildman–Crippen LogP) is 4.08. The van der Waals surface area contributed by atoms with Crippen LogP contribution in [0.5, 0.6) is 0 Å². The van der Waals surface area contributed by atoms with Crippen LogP contribution in [-0.2, 0) is 19.1 Å². The van der Waals surface area contributed by atoms with Crippen molar-refractivity contribution in [3.05, 3.63) is 0 Å². The monoisotopic (exact) mass is 498 g/mol. The summed E-state index contributed by atoms with van der Waals surface area (Å²) in [6, 6.07) is -2.43. The molecule has 0 aliphatic carbocycles. The van der Waals surface area contributed by atoms with Gasteiger partial charge in [-0.1, -0.05) is 78.6 Å². The lowest BCUT2D eigenvalue weighted by Gasteiger charge is -2.26. The van der Waals surface area contributed by atoms with Crippen molar-refractivity contribution in [3.8, 4) is 0 Å². The fourth-order valence-electron chi connectivity index (χ4n) is 3.61. The standard InChI is InChI=1S/C26H50N4O5/c1-7-10-13-16-19(22(27)31)28-23(32)20(17-14-11-8-2)29-24(33)21(18-15-12-9-3)30-25(34)35-26(4,5)6/h19-21H,7-18H2,1-6H3,(H2,27,31)(H,28,32)(H,29,33)(H,30,34)/t19-,20-,21-/m0/s1. The smallest absolute Gasteiger partial charge is 0.408 e. The number of alkyl carbamates (subject to hydrolysis) is 1. The largest absolute Gasteiger partial charge is 0.444 e. The van der Waals surface area contributed by atoms with Crippen molar-refractivity contribution < 1.29 is 23.9 Å². The quantitative estimate of drug-likeness (QED) is 0.211. The molecule has 0 aliphatic rings. The zero-order chi connectivity index (χ0) is 26.9. The molecule has 4 amide bonds. The van der Waals surface area contributed by atoms with Crippen molar-refractivity contribution in [3.63, 3.8) is 0 Å². The Kier molecular flexibility index (Phi) is 16.8. The molecule has 3 atom stereocenters. The molecule has 0 fully saturated rings. The van der Waals surface area contributed by atoms with E-state index in [0.29, 0.717) is 19.3 Å². The van der Waals surface area contributed by atoms with Crippen LogP contribution in [0.3, 0.4) is 0 Å². The van der Waals surface area contributed by atoms with E-state index in [1.165, 1.54) is 0 Å². The van der Waals surface area contributed by atoms with Gasteiger partial charge in [-0.05, 0) is 40.0 Å². The van der Waals surface area contributed by atoms with Gasteiger partial charge in [-0.2, -0.15) is 0 Å². The molecule has 5 N–H and O–H groups in total. The van der Waals surface area contributed by atoms with Gasteiger partial charge in [-0.3, -0.25) is 14.4 Å². The van der Waals surface area contributed by atoms with Gasteiger partial charge in [0.05, 0.1) is 0 Å². The number of unbranched alkanes of at least 4 members (excludes halogenated alkanes) is 6. The van der Waals surface area contributed by atoms with Crippen molar-refractivity contribution in [1.82, 2.24) is 16.0 Å². The highest BCUT2D eigenvalue weighted by atomic mass is 16.6. The first-order chi connectivity index (χ1) is 16.4. The molecule has 0 saturated heterocycles. The number of primary amides is 1. The van der Waals surface area contributed by atoms with Crippen molar-refractivity contribution >= 4 is 23.8 Å². The number of carbonyl (C=O) groups is 4. The van der Waals surface area contributed by atoms with Gasteiger partial charge in [-0.25, -0.2) is 4.79 Å². The Bertz CT molecular complexity index is 648. The number of rotatable bonds is 18. The molecule has 0 heterocycles. The fourth-order valence-corrected chi connectivity index (χ4v) is 3.61. The van der Waals surface area contributed by atoms with E-state index in [9.17, 15) is 19.2 Å². The number of carbonyl (C=O) groups excluding carboxylic acids is 4. The van der Waals surface area contributed by atoms with Gasteiger partial charge < -0.3 is 26.4 Å². The van der Waals surface area contributed by atoms with Crippen LogP contribution in [0, 0.1) is 0 Å². The van der Waals surface area contributed by atoms with E-state index in [1.54, 1.807) is 20.8 Å². The number of amides is 4. The van der Waals surface area contributed by atoms with Crippen LogP contribution >= 0.6 is 0 Å². The highest BCUT2D eigenvalue weighted by Crippen LogP contribution is 2.11. The number of hydrogen-bond donors (Lipinski definition) is 4. The van der Waals surface area contributed by atoms with Crippen LogP contribution in [0.15, 0.2) is 0 Å². The maximum atomic E-state index is 13.2. The van der Waals surface area contributed by atoms with Crippen LogP contribution < -0.4 is 21.7 Å². The van der Waals surface area contributed by atoms with Gasteiger partial charge in [0, 0.05) is 0 Å². The summed E-state index contributed by atoms with van der Waals surface area (Å²) in [7, 11) is 0. The molecule has 0 aromatic carbocycles. The molecule has 0 aromatic heterocycles. The number of ether oxygens (including phenoxy) is 1. The summed E-state index contributed by atoms with van der Waals surface area (Å²) in [5.74, 6) is -1.46. The fraction of sp³-hybridized carbons (Fsp3) is 0.846. The summed E-state index contributed by atoms with van der Waals surface area (Å²) in [5.41, 5.74) is 4.81. The summed E-state index contributed by atoms with van der Waals surface area (Å²) >= 11 is 0. The molecular formula is C26H50N4O5. The van der Waals surface area contributed by atoms with E-state index in [4.69, 9.17) is 10.5 Å². The molecule has 35 heavy (non-hydrogen) atoms. The lowest BCUT2D eigenvalue weighted by Crippen LogP contribution is -2.56. The molecule has 9 heteroatoms. The summed E-state index contributed by atoms with van der Waals surface area (Å²) in [5, 5.41) is 8.20. The number of nitrogens with two attached hydrogens (primary N) is 1. The highest BCUT2D eigenvalue weighted by Gasteiger charge is 2.29. The molecule has 0 aliphatic heterocycles. The minimum Gasteiger partial charge on any atom is -0.444 e. The van der Waals surface area contributed by atoms with Crippen molar-refractivity contribution in [2.45, 2.75) is 142 Å².